The summed E-state index contributed by atoms with van der Waals surface area (Å²) in [6.45, 7) is 2.46. The minimum atomic E-state index is -0.0801. The molecule has 6 heteroatoms. The Hall–Kier alpha value is -0.550. The van der Waals surface area contributed by atoms with Gasteiger partial charge in [0.15, 0.2) is 0 Å². The van der Waals surface area contributed by atoms with Crippen molar-refractivity contribution < 1.29 is 4.79 Å². The number of rotatable bonds is 2. The van der Waals surface area contributed by atoms with Crippen LogP contribution in [0, 0.1) is 0 Å². The summed E-state index contributed by atoms with van der Waals surface area (Å²) in [6, 6.07) is 5.31. The fourth-order valence-corrected chi connectivity index (χ4v) is 3.28. The standard InChI is InChI=1S/C12H9Cl2NOS2/c1-2-15-11(16)9(18-12(15)17)6-7-4-3-5-8(13)10(7)14/h3-6H,2H2,1H3/b9-6+. The molecule has 0 aliphatic carbocycles. The maximum atomic E-state index is 12.0. The van der Waals surface area contributed by atoms with Crippen molar-refractivity contribution in [2.75, 3.05) is 6.54 Å². The molecule has 1 amide bonds. The maximum absolute atomic E-state index is 12.0. The number of carbonyl (C=O) groups is 1. The lowest BCUT2D eigenvalue weighted by molar-refractivity contribution is -0.121. The number of thiocarbonyl (C=S) groups is 1. The van der Waals surface area contributed by atoms with Crippen LogP contribution in [-0.2, 0) is 4.79 Å². The molecule has 2 nitrogen and oxygen atoms in total. The number of hydrogen-bond acceptors (Lipinski definition) is 3. The molecule has 2 rings (SSSR count). The molecule has 1 fully saturated rings. The van der Waals surface area contributed by atoms with Crippen LogP contribution < -0.4 is 0 Å². The van der Waals surface area contributed by atoms with E-state index >= 15 is 0 Å². The molecule has 1 aromatic carbocycles. The third-order valence-electron chi connectivity index (χ3n) is 2.46. The lowest BCUT2D eigenvalue weighted by Gasteiger charge is -2.09. The SMILES string of the molecule is CCN1C(=O)/C(=C\c2cccc(Cl)c2Cl)SC1=S. The van der Waals surface area contributed by atoms with Gasteiger partial charge in [-0.25, -0.2) is 0 Å². The van der Waals surface area contributed by atoms with Crippen molar-refractivity contribution in [2.45, 2.75) is 6.92 Å². The largest absolute Gasteiger partial charge is 0.293 e. The highest BCUT2D eigenvalue weighted by atomic mass is 35.5. The van der Waals surface area contributed by atoms with Gasteiger partial charge in [0.25, 0.3) is 5.91 Å². The van der Waals surface area contributed by atoms with Gasteiger partial charge in [-0.2, -0.15) is 0 Å². The van der Waals surface area contributed by atoms with E-state index < -0.39 is 0 Å². The molecule has 0 radical (unpaired) electrons. The van der Waals surface area contributed by atoms with Crippen molar-refractivity contribution in [2.24, 2.45) is 0 Å². The van der Waals surface area contributed by atoms with Crippen molar-refractivity contribution in [3.8, 4) is 0 Å². The summed E-state index contributed by atoms with van der Waals surface area (Å²) in [5.41, 5.74) is 0.723. The Labute approximate surface area is 125 Å². The van der Waals surface area contributed by atoms with E-state index in [1.807, 2.05) is 13.0 Å². The minimum Gasteiger partial charge on any atom is -0.293 e. The summed E-state index contributed by atoms with van der Waals surface area (Å²) in [5.74, 6) is -0.0801. The quantitative estimate of drug-likeness (QED) is 0.602. The van der Waals surface area contributed by atoms with Crippen LogP contribution in [0.4, 0.5) is 0 Å². The Morgan fingerprint density at radius 1 is 1.44 bits per heavy atom. The number of halogens is 2. The molecule has 1 aromatic rings. The lowest BCUT2D eigenvalue weighted by atomic mass is 10.2. The zero-order valence-corrected chi connectivity index (χ0v) is 12.6. The molecule has 1 heterocycles. The smallest absolute Gasteiger partial charge is 0.266 e. The van der Waals surface area contributed by atoms with Crippen LogP contribution in [-0.4, -0.2) is 21.7 Å². The van der Waals surface area contributed by atoms with Gasteiger partial charge in [0.05, 0.1) is 15.0 Å². The molecule has 1 aliphatic heterocycles. The van der Waals surface area contributed by atoms with Crippen molar-refractivity contribution in [1.29, 1.82) is 0 Å². The second-order valence-corrected chi connectivity index (χ2v) is 6.03. The van der Waals surface area contributed by atoms with Gasteiger partial charge in [-0.05, 0) is 24.6 Å². The summed E-state index contributed by atoms with van der Waals surface area (Å²) in [5, 5.41) is 0.914. The number of amides is 1. The highest BCUT2D eigenvalue weighted by molar-refractivity contribution is 8.26. The van der Waals surface area contributed by atoms with E-state index in [1.165, 1.54) is 11.8 Å². The Bertz CT molecular complexity index is 557. The van der Waals surface area contributed by atoms with Gasteiger partial charge in [-0.3, -0.25) is 9.69 Å². The fourth-order valence-electron chi connectivity index (χ4n) is 1.55. The average Bonchev–Trinajstić information content (AvgIpc) is 2.60. The molecular formula is C12H9Cl2NOS2. The summed E-state index contributed by atoms with van der Waals surface area (Å²) in [6.07, 6.45) is 1.73. The molecule has 0 saturated carbocycles. The molecule has 0 bridgehead atoms. The molecular weight excluding hydrogens is 309 g/mol. The number of hydrogen-bond donors (Lipinski definition) is 0. The summed E-state index contributed by atoms with van der Waals surface area (Å²) in [7, 11) is 0. The average molecular weight is 318 g/mol. The van der Waals surface area contributed by atoms with Gasteiger partial charge in [0.2, 0.25) is 0 Å². The second-order valence-electron chi connectivity index (χ2n) is 3.57. The van der Waals surface area contributed by atoms with Gasteiger partial charge in [0.1, 0.15) is 4.32 Å². The van der Waals surface area contributed by atoms with E-state index in [2.05, 4.69) is 0 Å². The number of carbonyl (C=O) groups excluding carboxylic acids is 1. The summed E-state index contributed by atoms with van der Waals surface area (Å²) < 4.78 is 0.576. The van der Waals surface area contributed by atoms with Crippen LogP contribution in [0.25, 0.3) is 6.08 Å². The van der Waals surface area contributed by atoms with Gasteiger partial charge < -0.3 is 0 Å². The van der Waals surface area contributed by atoms with Gasteiger partial charge in [-0.1, -0.05) is 59.3 Å². The van der Waals surface area contributed by atoms with E-state index in [1.54, 1.807) is 23.1 Å². The molecule has 0 N–H and O–H groups in total. The maximum Gasteiger partial charge on any atom is 0.266 e. The molecule has 0 unspecified atom stereocenters. The van der Waals surface area contributed by atoms with Gasteiger partial charge >= 0.3 is 0 Å². The first-order valence-corrected chi connectivity index (χ1v) is 7.22. The third kappa shape index (κ3) is 2.57. The first-order chi connectivity index (χ1) is 8.54. The molecule has 94 valence electrons. The van der Waals surface area contributed by atoms with Crippen LogP contribution in [0.2, 0.25) is 10.0 Å². The topological polar surface area (TPSA) is 20.3 Å². The first kappa shape index (κ1) is 13.9. The fraction of sp³-hybridized carbons (Fsp3) is 0.167. The zero-order valence-electron chi connectivity index (χ0n) is 9.44. The van der Waals surface area contributed by atoms with E-state index in [-0.39, 0.29) is 5.91 Å². The molecule has 0 atom stereocenters. The van der Waals surface area contributed by atoms with E-state index in [0.717, 1.165) is 5.56 Å². The van der Waals surface area contributed by atoms with Crippen molar-refractivity contribution in [1.82, 2.24) is 4.90 Å². The Balaban J connectivity index is 2.38. The third-order valence-corrected chi connectivity index (χ3v) is 4.67. The van der Waals surface area contributed by atoms with Crippen LogP contribution in [0.15, 0.2) is 23.1 Å². The highest BCUT2D eigenvalue weighted by Gasteiger charge is 2.30. The Morgan fingerprint density at radius 3 is 2.78 bits per heavy atom. The van der Waals surface area contributed by atoms with Crippen molar-refractivity contribution in [3.05, 3.63) is 38.7 Å². The summed E-state index contributed by atoms with van der Waals surface area (Å²) >= 11 is 18.4. The number of nitrogens with zero attached hydrogens (tertiary/aromatic N) is 1. The number of benzene rings is 1. The Kier molecular flexibility index (Phi) is 4.33. The summed E-state index contributed by atoms with van der Waals surface area (Å²) in [4.78, 5) is 14.2. The molecule has 1 aliphatic rings. The van der Waals surface area contributed by atoms with E-state index in [0.29, 0.717) is 25.8 Å². The van der Waals surface area contributed by atoms with E-state index in [4.69, 9.17) is 35.4 Å². The molecule has 18 heavy (non-hydrogen) atoms. The van der Waals surface area contributed by atoms with Crippen molar-refractivity contribution in [3.63, 3.8) is 0 Å². The predicted molar refractivity (Wildman–Crippen MR) is 82.0 cm³/mol. The van der Waals surface area contributed by atoms with Crippen LogP contribution in [0.3, 0.4) is 0 Å². The van der Waals surface area contributed by atoms with E-state index in [9.17, 15) is 4.79 Å². The van der Waals surface area contributed by atoms with Gasteiger partial charge in [-0.15, -0.1) is 0 Å². The van der Waals surface area contributed by atoms with Crippen molar-refractivity contribution >= 4 is 63.5 Å². The lowest BCUT2D eigenvalue weighted by Crippen LogP contribution is -2.27. The minimum absolute atomic E-state index is 0.0801. The molecule has 1 saturated heterocycles. The predicted octanol–water partition coefficient (Wildman–Crippen LogP) is 4.21. The highest BCUT2D eigenvalue weighted by Crippen LogP contribution is 2.34. The monoisotopic (exact) mass is 317 g/mol. The normalized spacial score (nSPS) is 17.9. The van der Waals surface area contributed by atoms with Crippen LogP contribution >= 0.6 is 47.2 Å². The van der Waals surface area contributed by atoms with Gasteiger partial charge in [0, 0.05) is 6.54 Å². The second kappa shape index (κ2) is 5.61. The number of likely N-dealkylation sites (N-methyl/N-ethyl adjacent to an activating group) is 1. The van der Waals surface area contributed by atoms with Crippen LogP contribution in [0.1, 0.15) is 12.5 Å². The molecule has 0 aromatic heterocycles. The molecule has 0 spiro atoms. The first-order valence-electron chi connectivity index (χ1n) is 5.24. The zero-order chi connectivity index (χ0) is 13.3. The Morgan fingerprint density at radius 2 is 2.17 bits per heavy atom. The van der Waals surface area contributed by atoms with Crippen LogP contribution in [0.5, 0.6) is 0 Å². The number of thioether (sulfide) groups is 1.